The van der Waals surface area contributed by atoms with Crippen molar-refractivity contribution in [2.75, 3.05) is 12.4 Å². The Labute approximate surface area is 146 Å². The van der Waals surface area contributed by atoms with Crippen LogP contribution in [0.2, 0.25) is 0 Å². The summed E-state index contributed by atoms with van der Waals surface area (Å²) in [6.45, 7) is 0. The predicted octanol–water partition coefficient (Wildman–Crippen LogP) is 4.39. The molecule has 0 aromatic heterocycles. The maximum atomic E-state index is 12.5. The number of carbonyl (C=O) groups is 2. The summed E-state index contributed by atoms with van der Waals surface area (Å²) in [5.74, 6) is -0.772. The van der Waals surface area contributed by atoms with Crippen molar-refractivity contribution in [3.05, 3.63) is 90.0 Å². The first kappa shape index (κ1) is 16.5. The van der Waals surface area contributed by atoms with Crippen molar-refractivity contribution < 1.29 is 14.3 Å². The highest BCUT2D eigenvalue weighted by atomic mass is 16.5. The van der Waals surface area contributed by atoms with Gasteiger partial charge in [0.1, 0.15) is 0 Å². The van der Waals surface area contributed by atoms with Crippen LogP contribution < -0.4 is 5.32 Å². The Balaban J connectivity index is 1.80. The maximum absolute atomic E-state index is 12.5. The van der Waals surface area contributed by atoms with E-state index in [2.05, 4.69) is 5.32 Å². The highest BCUT2D eigenvalue weighted by molar-refractivity contribution is 6.08. The van der Waals surface area contributed by atoms with Gasteiger partial charge in [-0.2, -0.15) is 0 Å². The van der Waals surface area contributed by atoms with Crippen LogP contribution in [0, 0.1) is 0 Å². The second-order valence-corrected chi connectivity index (χ2v) is 5.43. The van der Waals surface area contributed by atoms with Gasteiger partial charge in [-0.1, -0.05) is 54.6 Å². The van der Waals surface area contributed by atoms with Gasteiger partial charge in [0.05, 0.1) is 18.4 Å². The van der Waals surface area contributed by atoms with Gasteiger partial charge in [0.15, 0.2) is 0 Å². The van der Waals surface area contributed by atoms with Gasteiger partial charge in [0.2, 0.25) is 0 Å². The van der Waals surface area contributed by atoms with Gasteiger partial charge < -0.3 is 10.1 Å². The highest BCUT2D eigenvalue weighted by Gasteiger charge is 2.14. The summed E-state index contributed by atoms with van der Waals surface area (Å²) < 4.78 is 4.74. The number of methoxy groups -OCH3 is 1. The molecular weight excluding hydrogens is 314 g/mol. The topological polar surface area (TPSA) is 55.4 Å². The fourth-order valence-electron chi connectivity index (χ4n) is 2.52. The molecule has 4 heteroatoms. The molecule has 0 bridgehead atoms. The number of rotatable bonds is 4. The molecule has 0 radical (unpaired) electrons. The van der Waals surface area contributed by atoms with Crippen LogP contribution in [0.25, 0.3) is 11.1 Å². The largest absolute Gasteiger partial charge is 0.465 e. The van der Waals surface area contributed by atoms with E-state index in [9.17, 15) is 9.59 Å². The van der Waals surface area contributed by atoms with Crippen molar-refractivity contribution in [2.24, 2.45) is 0 Å². The van der Waals surface area contributed by atoms with Crippen LogP contribution in [0.5, 0.6) is 0 Å². The third kappa shape index (κ3) is 3.75. The third-order valence-electron chi connectivity index (χ3n) is 3.83. The fourth-order valence-corrected chi connectivity index (χ4v) is 2.52. The first-order chi connectivity index (χ1) is 12.2. The van der Waals surface area contributed by atoms with Crippen LogP contribution in [-0.4, -0.2) is 19.0 Å². The molecular formula is C21H17NO3. The van der Waals surface area contributed by atoms with E-state index >= 15 is 0 Å². The van der Waals surface area contributed by atoms with Crippen molar-refractivity contribution in [1.29, 1.82) is 0 Å². The average molecular weight is 331 g/mol. The molecule has 0 aliphatic carbocycles. The number of esters is 1. The van der Waals surface area contributed by atoms with E-state index < -0.39 is 5.97 Å². The van der Waals surface area contributed by atoms with Crippen molar-refractivity contribution in [1.82, 2.24) is 0 Å². The average Bonchev–Trinajstić information content (AvgIpc) is 2.68. The Morgan fingerprint density at radius 2 is 1.36 bits per heavy atom. The maximum Gasteiger partial charge on any atom is 0.339 e. The summed E-state index contributed by atoms with van der Waals surface area (Å²) >= 11 is 0. The second-order valence-electron chi connectivity index (χ2n) is 5.43. The predicted molar refractivity (Wildman–Crippen MR) is 97.6 cm³/mol. The molecule has 3 rings (SSSR count). The number of hydrogen-bond acceptors (Lipinski definition) is 3. The van der Waals surface area contributed by atoms with Gasteiger partial charge in [0.25, 0.3) is 5.91 Å². The molecule has 0 saturated carbocycles. The molecule has 25 heavy (non-hydrogen) atoms. The summed E-state index contributed by atoms with van der Waals surface area (Å²) in [7, 11) is 1.31. The van der Waals surface area contributed by atoms with Gasteiger partial charge >= 0.3 is 5.97 Å². The third-order valence-corrected chi connectivity index (χ3v) is 3.83. The number of hydrogen-bond donors (Lipinski definition) is 1. The molecule has 0 heterocycles. The number of para-hydroxylation sites is 1. The quantitative estimate of drug-likeness (QED) is 0.721. The Morgan fingerprint density at radius 3 is 2.04 bits per heavy atom. The Morgan fingerprint density at radius 1 is 0.760 bits per heavy atom. The summed E-state index contributed by atoms with van der Waals surface area (Å²) in [5, 5.41) is 2.76. The van der Waals surface area contributed by atoms with Crippen LogP contribution in [0.4, 0.5) is 5.69 Å². The zero-order valence-corrected chi connectivity index (χ0v) is 13.7. The first-order valence-corrected chi connectivity index (χ1v) is 7.83. The lowest BCUT2D eigenvalue weighted by Crippen LogP contribution is -2.15. The normalized spacial score (nSPS) is 10.1. The van der Waals surface area contributed by atoms with Crippen LogP contribution >= 0.6 is 0 Å². The van der Waals surface area contributed by atoms with Crippen molar-refractivity contribution in [2.45, 2.75) is 0 Å². The van der Waals surface area contributed by atoms with Gasteiger partial charge in [-0.25, -0.2) is 4.79 Å². The molecule has 4 nitrogen and oxygen atoms in total. The molecule has 0 atom stereocenters. The number of benzene rings is 3. The van der Waals surface area contributed by atoms with E-state index in [1.54, 1.807) is 36.4 Å². The fraction of sp³-hybridized carbons (Fsp3) is 0.0476. The van der Waals surface area contributed by atoms with Crippen molar-refractivity contribution in [3.63, 3.8) is 0 Å². The minimum Gasteiger partial charge on any atom is -0.465 e. The SMILES string of the molecule is COC(=O)c1ccccc1NC(=O)c1ccc(-c2ccccc2)cc1. The van der Waals surface area contributed by atoms with Gasteiger partial charge in [-0.05, 0) is 35.4 Å². The lowest BCUT2D eigenvalue weighted by Gasteiger charge is -2.10. The standard InChI is InChI=1S/C21H17NO3/c1-25-21(24)18-9-5-6-10-19(18)22-20(23)17-13-11-16(12-14-17)15-7-3-2-4-8-15/h2-14H,1H3,(H,22,23). The van der Waals surface area contributed by atoms with Crippen LogP contribution in [0.1, 0.15) is 20.7 Å². The first-order valence-electron chi connectivity index (χ1n) is 7.83. The minimum absolute atomic E-state index is 0.282. The van der Waals surface area contributed by atoms with E-state index in [-0.39, 0.29) is 5.91 Å². The summed E-state index contributed by atoms with van der Waals surface area (Å²) in [4.78, 5) is 24.2. The second kappa shape index (κ2) is 7.45. The number of amides is 1. The lowest BCUT2D eigenvalue weighted by molar-refractivity contribution is 0.0602. The van der Waals surface area contributed by atoms with Crippen molar-refractivity contribution >= 4 is 17.6 Å². The molecule has 0 spiro atoms. The van der Waals surface area contributed by atoms with Gasteiger partial charge in [-0.3, -0.25) is 4.79 Å². The van der Waals surface area contributed by atoms with E-state index in [0.717, 1.165) is 11.1 Å². The van der Waals surface area contributed by atoms with Crippen LogP contribution in [0.15, 0.2) is 78.9 Å². The van der Waals surface area contributed by atoms with Crippen molar-refractivity contribution in [3.8, 4) is 11.1 Å². The number of carbonyl (C=O) groups excluding carboxylic acids is 2. The molecule has 3 aromatic rings. The summed E-state index contributed by atoms with van der Waals surface area (Å²) in [6, 6.07) is 24.0. The smallest absolute Gasteiger partial charge is 0.339 e. The Kier molecular flexibility index (Phi) is 4.90. The lowest BCUT2D eigenvalue weighted by atomic mass is 10.0. The zero-order valence-electron chi connectivity index (χ0n) is 13.7. The monoisotopic (exact) mass is 331 g/mol. The molecule has 0 aliphatic rings. The van der Waals surface area contributed by atoms with E-state index in [1.165, 1.54) is 7.11 Å². The van der Waals surface area contributed by atoms with Crippen LogP contribution in [0.3, 0.4) is 0 Å². The van der Waals surface area contributed by atoms with Gasteiger partial charge in [0, 0.05) is 5.56 Å². The van der Waals surface area contributed by atoms with Gasteiger partial charge in [-0.15, -0.1) is 0 Å². The van der Waals surface area contributed by atoms with E-state index in [0.29, 0.717) is 16.8 Å². The molecule has 0 aliphatic heterocycles. The molecule has 0 fully saturated rings. The number of anilines is 1. The van der Waals surface area contributed by atoms with E-state index in [4.69, 9.17) is 4.74 Å². The summed E-state index contributed by atoms with van der Waals surface area (Å²) in [5.41, 5.74) is 3.38. The molecule has 1 amide bonds. The molecule has 0 unspecified atom stereocenters. The molecule has 3 aromatic carbocycles. The Hall–Kier alpha value is -3.40. The van der Waals surface area contributed by atoms with E-state index in [1.807, 2.05) is 42.5 Å². The number of ether oxygens (including phenoxy) is 1. The molecule has 124 valence electrons. The molecule has 0 saturated heterocycles. The number of nitrogens with one attached hydrogen (secondary N) is 1. The molecule has 1 N–H and O–H groups in total. The summed E-state index contributed by atoms with van der Waals surface area (Å²) in [6.07, 6.45) is 0. The van der Waals surface area contributed by atoms with Crippen LogP contribution in [-0.2, 0) is 4.74 Å². The minimum atomic E-state index is -0.490. The zero-order chi connectivity index (χ0) is 17.6. The Bertz CT molecular complexity index is 887. The highest BCUT2D eigenvalue weighted by Crippen LogP contribution is 2.21.